The zero-order valence-electron chi connectivity index (χ0n) is 18.9. The number of carbonyl (C=O) groups excluding carboxylic acids is 1. The van der Waals surface area contributed by atoms with Crippen molar-refractivity contribution >= 4 is 27.5 Å². The van der Waals surface area contributed by atoms with Crippen molar-refractivity contribution in [2.24, 2.45) is 7.05 Å². The van der Waals surface area contributed by atoms with Crippen molar-refractivity contribution in [3.63, 3.8) is 0 Å². The van der Waals surface area contributed by atoms with Gasteiger partial charge >= 0.3 is 0 Å². The van der Waals surface area contributed by atoms with Crippen molar-refractivity contribution in [3.8, 4) is 0 Å². The minimum Gasteiger partial charge on any atom is -0.347 e. The average Bonchev–Trinajstić information content (AvgIpc) is 3.14. The van der Waals surface area contributed by atoms with E-state index < -0.39 is 10.0 Å². The van der Waals surface area contributed by atoms with Crippen LogP contribution in [0, 0.1) is 0 Å². The lowest BCUT2D eigenvalue weighted by molar-refractivity contribution is 0.0943. The normalized spacial score (nSPS) is 14.3. The van der Waals surface area contributed by atoms with Crippen LogP contribution in [0.25, 0.3) is 0 Å². The highest BCUT2D eigenvalue weighted by Crippen LogP contribution is 2.28. The van der Waals surface area contributed by atoms with Crippen LogP contribution in [0.1, 0.15) is 52.6 Å². The minimum absolute atomic E-state index is 0.112. The van der Waals surface area contributed by atoms with E-state index in [9.17, 15) is 13.2 Å². The van der Waals surface area contributed by atoms with Crippen LogP contribution in [0.15, 0.2) is 53.4 Å². The third-order valence-corrected chi connectivity index (χ3v) is 8.08. The van der Waals surface area contributed by atoms with Gasteiger partial charge in [0.2, 0.25) is 10.0 Å². The predicted molar refractivity (Wildman–Crippen MR) is 128 cm³/mol. The number of sulfonamides is 1. The van der Waals surface area contributed by atoms with Crippen molar-refractivity contribution in [1.29, 1.82) is 0 Å². The summed E-state index contributed by atoms with van der Waals surface area (Å²) in [5.41, 5.74) is 3.79. The zero-order valence-corrected chi connectivity index (χ0v) is 20.4. The molecule has 0 aliphatic carbocycles. The Labute approximate surface area is 199 Å². The summed E-state index contributed by atoms with van der Waals surface area (Å²) in [5, 5.41) is 7.90. The van der Waals surface area contributed by atoms with E-state index in [0.29, 0.717) is 36.0 Å². The maximum Gasteiger partial charge on any atom is 0.272 e. The van der Waals surface area contributed by atoms with E-state index in [-0.39, 0.29) is 23.0 Å². The number of aryl methyl sites for hydroxylation is 1. The number of carbonyl (C=O) groups is 1. The number of aromatic nitrogens is 2. The average molecular weight is 487 g/mol. The molecule has 0 atom stereocenters. The number of benzene rings is 2. The van der Waals surface area contributed by atoms with Gasteiger partial charge in [0.05, 0.1) is 4.90 Å². The molecule has 2 heterocycles. The summed E-state index contributed by atoms with van der Waals surface area (Å²) in [5.74, 6) is -0.00836. The number of amides is 1. The third kappa shape index (κ3) is 4.83. The second-order valence-corrected chi connectivity index (χ2v) is 10.9. The molecular weight excluding hydrogens is 460 g/mol. The molecular formula is C24H27ClN4O3S. The van der Waals surface area contributed by atoms with Crippen LogP contribution in [-0.2, 0) is 36.6 Å². The van der Waals surface area contributed by atoms with Crippen molar-refractivity contribution in [3.05, 3.63) is 81.6 Å². The topological polar surface area (TPSA) is 84.3 Å². The maximum absolute atomic E-state index is 13.3. The van der Waals surface area contributed by atoms with Gasteiger partial charge in [-0.3, -0.25) is 9.48 Å². The Hall–Kier alpha value is -2.68. The van der Waals surface area contributed by atoms with E-state index in [0.717, 1.165) is 16.8 Å². The third-order valence-electron chi connectivity index (χ3n) is 5.97. The summed E-state index contributed by atoms with van der Waals surface area (Å²) >= 11 is 5.91. The van der Waals surface area contributed by atoms with Gasteiger partial charge < -0.3 is 5.32 Å². The van der Waals surface area contributed by atoms with Crippen LogP contribution in [0.2, 0.25) is 5.02 Å². The Morgan fingerprint density at radius 2 is 1.79 bits per heavy atom. The Bertz CT molecular complexity index is 1270. The Kier molecular flexibility index (Phi) is 6.61. The van der Waals surface area contributed by atoms with Crippen molar-refractivity contribution in [1.82, 2.24) is 19.4 Å². The Morgan fingerprint density at radius 1 is 1.12 bits per heavy atom. The smallest absolute Gasteiger partial charge is 0.272 e. The molecule has 0 bridgehead atoms. The van der Waals surface area contributed by atoms with Gasteiger partial charge in [0.1, 0.15) is 0 Å². The molecule has 1 amide bonds. The van der Waals surface area contributed by atoms with Crippen LogP contribution in [0.5, 0.6) is 0 Å². The van der Waals surface area contributed by atoms with Crippen LogP contribution in [0.3, 0.4) is 0 Å². The molecule has 2 aromatic carbocycles. The van der Waals surface area contributed by atoms with Gasteiger partial charge in [-0.25, -0.2) is 8.42 Å². The van der Waals surface area contributed by atoms with Gasteiger partial charge in [-0.05, 0) is 41.3 Å². The molecule has 9 heteroatoms. The summed E-state index contributed by atoms with van der Waals surface area (Å²) in [6.07, 6.45) is 0.493. The van der Waals surface area contributed by atoms with Crippen LogP contribution in [0.4, 0.5) is 0 Å². The molecule has 0 unspecified atom stereocenters. The standard InChI is InChI=1S/C24H27ClN4O3S/c1-16(2)18-6-10-20(11-7-18)33(31,32)29-13-12-22-21(15-29)23(27-28(22)3)24(30)26-14-17-4-8-19(25)9-5-17/h4-11,16H,12-15H2,1-3H3,(H,26,30). The molecule has 0 saturated heterocycles. The second-order valence-electron chi connectivity index (χ2n) is 8.52. The first-order valence-corrected chi connectivity index (χ1v) is 12.7. The Morgan fingerprint density at radius 3 is 2.42 bits per heavy atom. The quantitative estimate of drug-likeness (QED) is 0.573. The molecule has 174 valence electrons. The first-order valence-electron chi connectivity index (χ1n) is 10.8. The Balaban J connectivity index is 1.54. The van der Waals surface area contributed by atoms with E-state index in [1.807, 2.05) is 24.3 Å². The molecule has 0 radical (unpaired) electrons. The van der Waals surface area contributed by atoms with Crippen molar-refractivity contribution < 1.29 is 13.2 Å². The molecule has 1 aromatic heterocycles. The molecule has 4 rings (SSSR count). The zero-order chi connectivity index (χ0) is 23.8. The SMILES string of the molecule is CC(C)c1ccc(S(=O)(=O)N2CCc3c(c(C(=O)NCc4ccc(Cl)cc4)nn3C)C2)cc1. The van der Waals surface area contributed by atoms with Gasteiger partial charge in [0.15, 0.2) is 5.69 Å². The molecule has 3 aromatic rings. The first-order chi connectivity index (χ1) is 15.7. The van der Waals surface area contributed by atoms with E-state index in [4.69, 9.17) is 11.6 Å². The van der Waals surface area contributed by atoms with Gasteiger partial charge in [-0.1, -0.05) is 49.7 Å². The van der Waals surface area contributed by atoms with Gasteiger partial charge in [0.25, 0.3) is 5.91 Å². The number of nitrogens with zero attached hydrogens (tertiary/aromatic N) is 3. The number of hydrogen-bond acceptors (Lipinski definition) is 4. The minimum atomic E-state index is -3.69. The van der Waals surface area contributed by atoms with Gasteiger partial charge in [-0.15, -0.1) is 0 Å². The summed E-state index contributed by atoms with van der Waals surface area (Å²) < 4.78 is 29.7. The second kappa shape index (κ2) is 9.29. The van der Waals surface area contributed by atoms with Crippen LogP contribution < -0.4 is 5.32 Å². The lowest BCUT2D eigenvalue weighted by atomic mass is 10.0. The highest BCUT2D eigenvalue weighted by molar-refractivity contribution is 7.89. The van der Waals surface area contributed by atoms with Crippen LogP contribution >= 0.6 is 11.6 Å². The van der Waals surface area contributed by atoms with Crippen molar-refractivity contribution in [2.45, 2.75) is 44.2 Å². The molecule has 1 aliphatic rings. The predicted octanol–water partition coefficient (Wildman–Crippen LogP) is 3.87. The summed E-state index contributed by atoms with van der Waals surface area (Å²) in [4.78, 5) is 13.2. The lowest BCUT2D eigenvalue weighted by Gasteiger charge is -2.27. The molecule has 0 saturated carbocycles. The summed E-state index contributed by atoms with van der Waals surface area (Å²) in [6, 6.07) is 14.2. The molecule has 33 heavy (non-hydrogen) atoms. The fraction of sp³-hybridized carbons (Fsp3) is 0.333. The van der Waals surface area contributed by atoms with E-state index in [1.54, 1.807) is 36.0 Å². The summed E-state index contributed by atoms with van der Waals surface area (Å²) in [6.45, 7) is 4.91. The van der Waals surface area contributed by atoms with E-state index in [2.05, 4.69) is 24.3 Å². The molecule has 7 nitrogen and oxygen atoms in total. The largest absolute Gasteiger partial charge is 0.347 e. The fourth-order valence-electron chi connectivity index (χ4n) is 4.00. The number of hydrogen-bond donors (Lipinski definition) is 1. The highest BCUT2D eigenvalue weighted by Gasteiger charge is 2.33. The van der Waals surface area contributed by atoms with E-state index >= 15 is 0 Å². The molecule has 0 spiro atoms. The number of fused-ring (bicyclic) bond motifs is 1. The lowest BCUT2D eigenvalue weighted by Crippen LogP contribution is -2.37. The molecule has 1 N–H and O–H groups in total. The van der Waals surface area contributed by atoms with Gasteiger partial charge in [-0.2, -0.15) is 9.40 Å². The highest BCUT2D eigenvalue weighted by atomic mass is 35.5. The van der Waals surface area contributed by atoms with Crippen molar-refractivity contribution in [2.75, 3.05) is 6.54 Å². The number of nitrogens with one attached hydrogen (secondary N) is 1. The monoisotopic (exact) mass is 486 g/mol. The van der Waals surface area contributed by atoms with Gasteiger partial charge in [0, 0.05) is 49.4 Å². The fourth-order valence-corrected chi connectivity index (χ4v) is 5.53. The summed E-state index contributed by atoms with van der Waals surface area (Å²) in [7, 11) is -1.91. The maximum atomic E-state index is 13.3. The first kappa shape index (κ1) is 23.5. The number of rotatable bonds is 6. The van der Waals surface area contributed by atoms with Crippen LogP contribution in [-0.4, -0.2) is 35.0 Å². The number of halogens is 1. The molecule has 0 fully saturated rings. The van der Waals surface area contributed by atoms with E-state index in [1.165, 1.54) is 4.31 Å². The molecule has 1 aliphatic heterocycles.